The summed E-state index contributed by atoms with van der Waals surface area (Å²) < 4.78 is 12.1. The van der Waals surface area contributed by atoms with E-state index in [0.29, 0.717) is 34.0 Å². The molecule has 1 aromatic carbocycles. The molecule has 0 spiro atoms. The highest BCUT2D eigenvalue weighted by molar-refractivity contribution is 6.12. The van der Waals surface area contributed by atoms with Gasteiger partial charge in [0.05, 0.1) is 25.1 Å². The fraction of sp³-hybridized carbons (Fsp3) is 0.273. The highest BCUT2D eigenvalue weighted by Crippen LogP contribution is 2.32. The van der Waals surface area contributed by atoms with Crippen LogP contribution in [-0.4, -0.2) is 28.7 Å². The molecule has 0 fully saturated rings. The van der Waals surface area contributed by atoms with Crippen molar-refractivity contribution in [2.24, 2.45) is 7.05 Å². The Morgan fingerprint density at radius 3 is 2.48 bits per heavy atom. The molecular formula is C22H26N2O5. The molecule has 0 aliphatic heterocycles. The fourth-order valence-corrected chi connectivity index (χ4v) is 2.90. The van der Waals surface area contributed by atoms with Crippen molar-refractivity contribution in [3.8, 4) is 0 Å². The molecule has 2 N–H and O–H groups in total. The Bertz CT molecular complexity index is 939. The van der Waals surface area contributed by atoms with Gasteiger partial charge in [-0.25, -0.2) is 4.79 Å². The van der Waals surface area contributed by atoms with Gasteiger partial charge in [-0.15, -0.1) is 0 Å². The molecule has 1 aromatic heterocycles. The van der Waals surface area contributed by atoms with Gasteiger partial charge >= 0.3 is 6.09 Å². The van der Waals surface area contributed by atoms with Crippen LogP contribution >= 0.6 is 0 Å². The lowest BCUT2D eigenvalue weighted by atomic mass is 9.97. The van der Waals surface area contributed by atoms with Crippen molar-refractivity contribution in [2.75, 3.05) is 12.4 Å². The number of methoxy groups -OCH3 is 1. The lowest BCUT2D eigenvalue weighted by molar-refractivity contribution is 0.103. The Hall–Kier alpha value is -3.32. The number of aliphatic hydroxyl groups excluding tert-OH is 1. The maximum absolute atomic E-state index is 12.3. The standard InChI is InChI=1S/C20H20N2O5.C2H6/c1-12-16-8-15(22(2)19(16)17(24)9-18(12)26-3)11-27-20(25)21-14-6-4-13(10-23)5-7-14;1-2/h4-9,23H,1,10-11H2,2-3H3,(H,21,25);1-2H3. The molecule has 154 valence electrons. The van der Waals surface area contributed by atoms with Crippen molar-refractivity contribution in [3.05, 3.63) is 71.3 Å². The summed E-state index contributed by atoms with van der Waals surface area (Å²) in [6.07, 6.45) is 0.782. The van der Waals surface area contributed by atoms with Crippen molar-refractivity contribution in [1.29, 1.82) is 0 Å². The first-order chi connectivity index (χ1) is 13.9. The average molecular weight is 398 g/mol. The van der Waals surface area contributed by atoms with Gasteiger partial charge in [0.2, 0.25) is 5.78 Å². The van der Waals surface area contributed by atoms with Crippen LogP contribution in [0.5, 0.6) is 0 Å². The van der Waals surface area contributed by atoms with Gasteiger partial charge in [0, 0.05) is 29.9 Å². The normalized spacial score (nSPS) is 12.4. The van der Waals surface area contributed by atoms with Gasteiger partial charge in [0.1, 0.15) is 12.4 Å². The molecule has 1 amide bonds. The van der Waals surface area contributed by atoms with Gasteiger partial charge in [0.25, 0.3) is 0 Å². The Labute approximate surface area is 170 Å². The lowest BCUT2D eigenvalue weighted by Crippen LogP contribution is -2.16. The molecule has 0 bridgehead atoms. The van der Waals surface area contributed by atoms with Gasteiger partial charge in [-0.3, -0.25) is 10.1 Å². The predicted octanol–water partition coefficient (Wildman–Crippen LogP) is 4.03. The van der Waals surface area contributed by atoms with Gasteiger partial charge in [0.15, 0.2) is 0 Å². The third-order valence-electron chi connectivity index (χ3n) is 4.40. The minimum absolute atomic E-state index is 0.00701. The van der Waals surface area contributed by atoms with E-state index in [4.69, 9.17) is 14.6 Å². The number of allylic oxidation sites excluding steroid dienone is 2. The van der Waals surface area contributed by atoms with E-state index in [1.165, 1.54) is 13.2 Å². The van der Waals surface area contributed by atoms with Crippen LogP contribution in [0.2, 0.25) is 0 Å². The highest BCUT2D eigenvalue weighted by atomic mass is 16.5. The number of aliphatic hydroxyl groups is 1. The maximum Gasteiger partial charge on any atom is 0.412 e. The number of hydrogen-bond acceptors (Lipinski definition) is 5. The topological polar surface area (TPSA) is 89.8 Å². The number of anilines is 1. The number of carbonyl (C=O) groups excluding carboxylic acids is 2. The van der Waals surface area contributed by atoms with E-state index in [1.54, 1.807) is 41.9 Å². The average Bonchev–Trinajstić information content (AvgIpc) is 3.08. The Morgan fingerprint density at radius 1 is 1.24 bits per heavy atom. The van der Waals surface area contributed by atoms with Crippen LogP contribution in [0.25, 0.3) is 5.57 Å². The molecule has 0 saturated heterocycles. The van der Waals surface area contributed by atoms with Gasteiger partial charge in [-0.05, 0) is 23.8 Å². The molecule has 29 heavy (non-hydrogen) atoms. The molecule has 7 nitrogen and oxygen atoms in total. The molecule has 0 saturated carbocycles. The fourth-order valence-electron chi connectivity index (χ4n) is 2.90. The van der Waals surface area contributed by atoms with E-state index < -0.39 is 6.09 Å². The van der Waals surface area contributed by atoms with Crippen LogP contribution in [-0.2, 0) is 29.7 Å². The number of benzene rings is 1. The summed E-state index contributed by atoms with van der Waals surface area (Å²) in [7, 11) is 3.22. The van der Waals surface area contributed by atoms with E-state index in [1.807, 2.05) is 13.8 Å². The molecule has 1 aliphatic carbocycles. The number of ether oxygens (including phenoxy) is 2. The molecule has 1 aliphatic rings. The molecule has 0 atom stereocenters. The molecule has 3 rings (SSSR count). The number of hydrogen-bond donors (Lipinski definition) is 2. The van der Waals surface area contributed by atoms with Crippen LogP contribution in [0.1, 0.15) is 41.2 Å². The van der Waals surface area contributed by atoms with Crippen LogP contribution in [0.3, 0.4) is 0 Å². The molecule has 1 heterocycles. The summed E-state index contributed by atoms with van der Waals surface area (Å²) in [5.74, 6) is 0.242. The zero-order chi connectivity index (χ0) is 21.6. The third kappa shape index (κ3) is 4.75. The van der Waals surface area contributed by atoms with Crippen molar-refractivity contribution < 1.29 is 24.2 Å². The molecule has 0 unspecified atom stereocenters. The summed E-state index contributed by atoms with van der Waals surface area (Å²) in [6.45, 7) is 7.90. The summed E-state index contributed by atoms with van der Waals surface area (Å²) in [4.78, 5) is 24.3. The smallest absolute Gasteiger partial charge is 0.412 e. The number of amides is 1. The largest absolute Gasteiger partial charge is 0.496 e. The quantitative estimate of drug-likeness (QED) is 0.794. The zero-order valence-corrected chi connectivity index (χ0v) is 17.1. The van der Waals surface area contributed by atoms with Gasteiger partial charge < -0.3 is 19.1 Å². The van der Waals surface area contributed by atoms with Crippen LogP contribution in [0, 0.1) is 0 Å². The molecular weight excluding hydrogens is 372 g/mol. The van der Waals surface area contributed by atoms with E-state index in [2.05, 4.69) is 11.9 Å². The van der Waals surface area contributed by atoms with Gasteiger partial charge in [-0.1, -0.05) is 32.6 Å². The van der Waals surface area contributed by atoms with Crippen molar-refractivity contribution in [2.45, 2.75) is 27.1 Å². The predicted molar refractivity (Wildman–Crippen MR) is 111 cm³/mol. The number of aromatic nitrogens is 1. The van der Waals surface area contributed by atoms with E-state index in [0.717, 1.165) is 5.56 Å². The number of nitrogens with one attached hydrogen (secondary N) is 1. The molecule has 0 radical (unpaired) electrons. The summed E-state index contributed by atoms with van der Waals surface area (Å²) in [6, 6.07) is 8.53. The Morgan fingerprint density at radius 2 is 1.90 bits per heavy atom. The summed E-state index contributed by atoms with van der Waals surface area (Å²) in [5.41, 5.74) is 3.73. The van der Waals surface area contributed by atoms with Crippen LogP contribution < -0.4 is 5.32 Å². The number of ketones is 1. The lowest BCUT2D eigenvalue weighted by Gasteiger charge is -2.15. The minimum Gasteiger partial charge on any atom is -0.496 e. The van der Waals surface area contributed by atoms with Crippen molar-refractivity contribution >= 4 is 23.1 Å². The Balaban J connectivity index is 0.00000145. The Kier molecular flexibility index (Phi) is 7.39. The number of rotatable bonds is 5. The van der Waals surface area contributed by atoms with Gasteiger partial charge in [-0.2, -0.15) is 0 Å². The number of carbonyl (C=O) groups is 2. The first-order valence-corrected chi connectivity index (χ1v) is 9.26. The van der Waals surface area contributed by atoms with Crippen molar-refractivity contribution in [1.82, 2.24) is 4.57 Å². The second-order valence-electron chi connectivity index (χ2n) is 6.07. The first kappa shape index (κ1) is 22.0. The monoisotopic (exact) mass is 398 g/mol. The highest BCUT2D eigenvalue weighted by Gasteiger charge is 2.27. The SMILES string of the molecule is C=C1C(OC)=CC(=O)c2c1cc(COC(=O)Nc1ccc(CO)cc1)n2C.CC. The zero-order valence-electron chi connectivity index (χ0n) is 17.1. The second kappa shape index (κ2) is 9.75. The summed E-state index contributed by atoms with van der Waals surface area (Å²) >= 11 is 0. The van der Waals surface area contributed by atoms with Crippen LogP contribution in [0.15, 0.2) is 48.7 Å². The number of nitrogens with zero attached hydrogens (tertiary/aromatic N) is 1. The first-order valence-electron chi connectivity index (χ1n) is 9.26. The number of fused-ring (bicyclic) bond motifs is 1. The second-order valence-corrected chi connectivity index (χ2v) is 6.07. The van der Waals surface area contributed by atoms with Crippen LogP contribution in [0.4, 0.5) is 10.5 Å². The maximum atomic E-state index is 12.3. The van der Waals surface area contributed by atoms with E-state index in [-0.39, 0.29) is 19.0 Å². The van der Waals surface area contributed by atoms with E-state index >= 15 is 0 Å². The molecule has 2 aromatic rings. The summed E-state index contributed by atoms with van der Waals surface area (Å²) in [5, 5.41) is 11.6. The van der Waals surface area contributed by atoms with Crippen molar-refractivity contribution in [3.63, 3.8) is 0 Å². The van der Waals surface area contributed by atoms with E-state index in [9.17, 15) is 9.59 Å². The minimum atomic E-state index is -0.619. The molecule has 7 heteroatoms. The third-order valence-corrected chi connectivity index (χ3v) is 4.40.